The Hall–Kier alpha value is -2.61. The summed E-state index contributed by atoms with van der Waals surface area (Å²) >= 11 is 0. The Morgan fingerprint density at radius 1 is 1.25 bits per heavy atom. The number of rotatable bonds is 7. The molecule has 2 N–H and O–H groups in total. The van der Waals surface area contributed by atoms with Crippen molar-refractivity contribution in [3.05, 3.63) is 29.8 Å². The van der Waals surface area contributed by atoms with E-state index in [1.54, 1.807) is 7.11 Å². The molecular formula is C20H27N3O5. The summed E-state index contributed by atoms with van der Waals surface area (Å²) in [5.74, 6) is 0.00162. The Bertz CT molecular complexity index is 738. The minimum Gasteiger partial charge on any atom is -0.496 e. The third-order valence-corrected chi connectivity index (χ3v) is 5.52. The first-order valence-electron chi connectivity index (χ1n) is 9.55. The number of methoxy groups -OCH3 is 2. The van der Waals surface area contributed by atoms with E-state index in [1.165, 1.54) is 12.0 Å². The number of benzene rings is 1. The van der Waals surface area contributed by atoms with Gasteiger partial charge in [-0.15, -0.1) is 0 Å². The molecule has 4 amide bonds. The van der Waals surface area contributed by atoms with Gasteiger partial charge in [-0.25, -0.2) is 4.79 Å². The van der Waals surface area contributed by atoms with Crippen molar-refractivity contribution >= 4 is 17.8 Å². The molecule has 0 spiro atoms. The van der Waals surface area contributed by atoms with Crippen molar-refractivity contribution in [2.24, 2.45) is 11.8 Å². The summed E-state index contributed by atoms with van der Waals surface area (Å²) in [5, 5.41) is 5.85. The van der Waals surface area contributed by atoms with E-state index in [-0.39, 0.29) is 36.2 Å². The molecule has 28 heavy (non-hydrogen) atoms. The van der Waals surface area contributed by atoms with Gasteiger partial charge in [0.05, 0.1) is 26.2 Å². The number of imide groups is 1. The maximum atomic E-state index is 12.6. The maximum Gasteiger partial charge on any atom is 0.324 e. The summed E-state index contributed by atoms with van der Waals surface area (Å²) in [6.07, 6.45) is 1.68. The molecule has 1 aromatic rings. The number of amides is 4. The van der Waals surface area contributed by atoms with E-state index < -0.39 is 6.03 Å². The predicted molar refractivity (Wildman–Crippen MR) is 102 cm³/mol. The largest absolute Gasteiger partial charge is 0.496 e. The van der Waals surface area contributed by atoms with Gasteiger partial charge in [-0.3, -0.25) is 14.5 Å². The normalized spacial score (nSPS) is 24.4. The fraction of sp³-hybridized carbons (Fsp3) is 0.550. The molecule has 1 heterocycles. The number of nitrogens with zero attached hydrogens (tertiary/aromatic N) is 1. The number of carbonyl (C=O) groups excluding carboxylic acids is 3. The van der Waals surface area contributed by atoms with Crippen molar-refractivity contribution in [3.8, 4) is 5.75 Å². The highest BCUT2D eigenvalue weighted by Crippen LogP contribution is 2.33. The zero-order valence-electron chi connectivity index (χ0n) is 16.3. The van der Waals surface area contributed by atoms with Gasteiger partial charge >= 0.3 is 6.03 Å². The van der Waals surface area contributed by atoms with Crippen molar-refractivity contribution in [1.29, 1.82) is 0 Å². The number of carbonyl (C=O) groups is 3. The van der Waals surface area contributed by atoms with Gasteiger partial charge < -0.3 is 20.1 Å². The van der Waals surface area contributed by atoms with Crippen LogP contribution in [0.2, 0.25) is 0 Å². The molecule has 152 valence electrons. The van der Waals surface area contributed by atoms with Gasteiger partial charge in [0.25, 0.3) is 0 Å². The van der Waals surface area contributed by atoms with Crippen molar-refractivity contribution in [3.63, 3.8) is 0 Å². The minimum atomic E-state index is -0.404. The lowest BCUT2D eigenvalue weighted by Crippen LogP contribution is -2.62. The molecule has 8 heteroatoms. The molecule has 1 saturated carbocycles. The number of ether oxygens (including phenoxy) is 2. The Kier molecular flexibility index (Phi) is 6.51. The quantitative estimate of drug-likeness (QED) is 0.733. The van der Waals surface area contributed by atoms with Crippen LogP contribution in [0.1, 0.15) is 24.8 Å². The van der Waals surface area contributed by atoms with Crippen LogP contribution in [0, 0.1) is 11.8 Å². The van der Waals surface area contributed by atoms with E-state index in [4.69, 9.17) is 9.47 Å². The molecule has 3 unspecified atom stereocenters. The van der Waals surface area contributed by atoms with E-state index in [9.17, 15) is 14.4 Å². The fourth-order valence-electron chi connectivity index (χ4n) is 3.97. The van der Waals surface area contributed by atoms with E-state index >= 15 is 0 Å². The first kappa shape index (κ1) is 20.1. The zero-order valence-corrected chi connectivity index (χ0v) is 16.3. The third-order valence-electron chi connectivity index (χ3n) is 5.52. The Labute approximate surface area is 164 Å². The topological polar surface area (TPSA) is 97.0 Å². The molecule has 1 saturated heterocycles. The summed E-state index contributed by atoms with van der Waals surface area (Å²) in [7, 11) is 3.13. The van der Waals surface area contributed by atoms with E-state index in [1.807, 2.05) is 24.3 Å². The van der Waals surface area contributed by atoms with Gasteiger partial charge in [0.2, 0.25) is 11.8 Å². The second-order valence-electron chi connectivity index (χ2n) is 7.18. The van der Waals surface area contributed by atoms with Gasteiger partial charge in [-0.1, -0.05) is 18.2 Å². The molecule has 2 aliphatic rings. The van der Waals surface area contributed by atoms with Gasteiger partial charge in [0.15, 0.2) is 0 Å². The molecule has 1 aliphatic carbocycles. The molecule has 0 radical (unpaired) electrons. The molecule has 2 fully saturated rings. The molecule has 0 aromatic heterocycles. The molecule has 3 atom stereocenters. The summed E-state index contributed by atoms with van der Waals surface area (Å²) in [4.78, 5) is 38.7. The number of para-hydroxylation sites is 1. The first-order chi connectivity index (χ1) is 13.5. The molecule has 3 rings (SSSR count). The van der Waals surface area contributed by atoms with Gasteiger partial charge in [-0.2, -0.15) is 0 Å². The number of hydrogen-bond acceptors (Lipinski definition) is 5. The van der Waals surface area contributed by atoms with Crippen LogP contribution in [0.5, 0.6) is 5.75 Å². The standard InChI is InChI=1S/C20H27N3O5/c1-27-10-9-23-19(25)15-8-7-13(11-16(15)22-20(23)26)18(24)21-12-14-5-3-4-6-17(14)28-2/h3-6,13,15-16H,7-12H2,1-2H3,(H,21,24)(H,22,26). The maximum absolute atomic E-state index is 12.6. The average Bonchev–Trinajstić information content (AvgIpc) is 2.71. The average molecular weight is 389 g/mol. The summed E-state index contributed by atoms with van der Waals surface area (Å²) < 4.78 is 10.3. The first-order valence-corrected chi connectivity index (χ1v) is 9.55. The summed E-state index contributed by atoms with van der Waals surface area (Å²) in [5.41, 5.74) is 0.905. The Morgan fingerprint density at radius 2 is 2.04 bits per heavy atom. The number of fused-ring (bicyclic) bond motifs is 1. The van der Waals surface area contributed by atoms with E-state index in [0.29, 0.717) is 32.4 Å². The van der Waals surface area contributed by atoms with Crippen LogP contribution < -0.4 is 15.4 Å². The second-order valence-corrected chi connectivity index (χ2v) is 7.18. The van der Waals surface area contributed by atoms with E-state index in [0.717, 1.165) is 11.3 Å². The monoisotopic (exact) mass is 389 g/mol. The predicted octanol–water partition coefficient (Wildman–Crippen LogP) is 1.29. The van der Waals surface area contributed by atoms with Crippen molar-refractivity contribution in [2.45, 2.75) is 31.8 Å². The highest BCUT2D eigenvalue weighted by molar-refractivity contribution is 5.99. The van der Waals surface area contributed by atoms with E-state index in [2.05, 4.69) is 10.6 Å². The smallest absolute Gasteiger partial charge is 0.324 e. The lowest BCUT2D eigenvalue weighted by atomic mass is 9.76. The second kappa shape index (κ2) is 9.05. The fourth-order valence-corrected chi connectivity index (χ4v) is 3.97. The van der Waals surface area contributed by atoms with Crippen LogP contribution in [-0.4, -0.2) is 56.2 Å². The molecule has 0 bridgehead atoms. The third kappa shape index (κ3) is 4.27. The highest BCUT2D eigenvalue weighted by atomic mass is 16.5. The number of hydrogen-bond donors (Lipinski definition) is 2. The molecule has 1 aromatic carbocycles. The Morgan fingerprint density at radius 3 is 2.79 bits per heavy atom. The van der Waals surface area contributed by atoms with Gasteiger partial charge in [0.1, 0.15) is 5.75 Å². The number of urea groups is 1. The lowest BCUT2D eigenvalue weighted by molar-refractivity contribution is -0.139. The van der Waals surface area contributed by atoms with Crippen LogP contribution >= 0.6 is 0 Å². The lowest BCUT2D eigenvalue weighted by Gasteiger charge is -2.41. The van der Waals surface area contributed by atoms with Gasteiger partial charge in [-0.05, 0) is 25.3 Å². The highest BCUT2D eigenvalue weighted by Gasteiger charge is 2.45. The van der Waals surface area contributed by atoms with Crippen molar-refractivity contribution in [1.82, 2.24) is 15.5 Å². The zero-order chi connectivity index (χ0) is 20.1. The minimum absolute atomic E-state index is 0.0622. The van der Waals surface area contributed by atoms with Crippen LogP contribution in [0.4, 0.5) is 4.79 Å². The molecular weight excluding hydrogens is 362 g/mol. The SMILES string of the molecule is COCCN1C(=O)NC2CC(C(=O)NCc3ccccc3OC)CCC2C1=O. The summed E-state index contributed by atoms with van der Waals surface area (Å²) in [6.45, 7) is 0.932. The molecule has 1 aliphatic heterocycles. The molecule has 8 nitrogen and oxygen atoms in total. The van der Waals surface area contributed by atoms with Gasteiger partial charge in [0, 0.05) is 31.2 Å². The van der Waals surface area contributed by atoms with Crippen LogP contribution in [-0.2, 0) is 20.9 Å². The van der Waals surface area contributed by atoms with Crippen molar-refractivity contribution < 1.29 is 23.9 Å². The summed E-state index contributed by atoms with van der Waals surface area (Å²) in [6, 6.07) is 6.83. The number of nitrogens with one attached hydrogen (secondary N) is 2. The Balaban J connectivity index is 1.57. The van der Waals surface area contributed by atoms with Crippen molar-refractivity contribution in [2.75, 3.05) is 27.4 Å². The van der Waals surface area contributed by atoms with Crippen LogP contribution in [0.3, 0.4) is 0 Å². The van der Waals surface area contributed by atoms with Crippen LogP contribution in [0.25, 0.3) is 0 Å². The van der Waals surface area contributed by atoms with Crippen LogP contribution in [0.15, 0.2) is 24.3 Å².